The molecule has 2 atom stereocenters. The topological polar surface area (TPSA) is 70.6 Å². The highest BCUT2D eigenvalue weighted by Gasteiger charge is 2.23. The summed E-state index contributed by atoms with van der Waals surface area (Å²) in [6, 6.07) is 7.97. The van der Waals surface area contributed by atoms with Crippen LogP contribution in [0.1, 0.15) is 17.5 Å². The van der Waals surface area contributed by atoms with E-state index in [2.05, 4.69) is 22.8 Å². The molecule has 20 heavy (non-hydrogen) atoms. The summed E-state index contributed by atoms with van der Waals surface area (Å²) in [4.78, 5) is 12.1. The van der Waals surface area contributed by atoms with Gasteiger partial charge >= 0.3 is 0 Å². The van der Waals surface area contributed by atoms with E-state index in [9.17, 15) is 9.90 Å². The van der Waals surface area contributed by atoms with Crippen LogP contribution in [0.4, 0.5) is 0 Å². The van der Waals surface area contributed by atoms with Gasteiger partial charge in [-0.2, -0.15) is 0 Å². The van der Waals surface area contributed by atoms with Crippen LogP contribution in [-0.4, -0.2) is 43.4 Å². The number of nitrogens with one attached hydrogen (secondary N) is 2. The minimum absolute atomic E-state index is 0.0101. The minimum Gasteiger partial charge on any atom is -0.391 e. The van der Waals surface area contributed by atoms with Crippen molar-refractivity contribution in [2.45, 2.75) is 31.5 Å². The number of ether oxygens (including phenoxy) is 1. The summed E-state index contributed by atoms with van der Waals surface area (Å²) in [5, 5.41) is 15.6. The first-order valence-electron chi connectivity index (χ1n) is 6.95. The van der Waals surface area contributed by atoms with Crippen molar-refractivity contribution in [3.05, 3.63) is 35.4 Å². The van der Waals surface area contributed by atoms with Gasteiger partial charge in [-0.05, 0) is 24.0 Å². The van der Waals surface area contributed by atoms with E-state index in [-0.39, 0.29) is 11.9 Å². The van der Waals surface area contributed by atoms with Gasteiger partial charge in [0.1, 0.15) is 0 Å². The fourth-order valence-electron chi connectivity index (χ4n) is 2.40. The lowest BCUT2D eigenvalue weighted by Gasteiger charge is -2.25. The monoisotopic (exact) mass is 278 g/mol. The Labute approximate surface area is 119 Å². The van der Waals surface area contributed by atoms with Crippen molar-refractivity contribution < 1.29 is 14.6 Å². The molecule has 1 unspecified atom stereocenters. The molecule has 1 aromatic carbocycles. The Bertz CT molecular complexity index is 450. The number of amides is 1. The van der Waals surface area contributed by atoms with Crippen molar-refractivity contribution in [2.24, 2.45) is 0 Å². The lowest BCUT2D eigenvalue weighted by molar-refractivity contribution is -0.123. The first-order chi connectivity index (χ1) is 9.70. The van der Waals surface area contributed by atoms with Crippen LogP contribution >= 0.6 is 0 Å². The molecule has 3 N–H and O–H groups in total. The number of hydrogen-bond acceptors (Lipinski definition) is 4. The van der Waals surface area contributed by atoms with Gasteiger partial charge in [0.15, 0.2) is 0 Å². The van der Waals surface area contributed by atoms with Crippen LogP contribution in [0.15, 0.2) is 24.3 Å². The number of benzene rings is 1. The highest BCUT2D eigenvalue weighted by molar-refractivity contribution is 5.82. The molecule has 1 aliphatic heterocycles. The van der Waals surface area contributed by atoms with Crippen LogP contribution in [0.3, 0.4) is 0 Å². The van der Waals surface area contributed by atoms with Crippen molar-refractivity contribution in [1.82, 2.24) is 10.6 Å². The molecule has 1 aliphatic rings. The number of rotatable bonds is 6. The number of fused-ring (bicyclic) bond motifs is 1. The van der Waals surface area contributed by atoms with E-state index >= 15 is 0 Å². The van der Waals surface area contributed by atoms with E-state index in [0.29, 0.717) is 26.0 Å². The number of aliphatic hydroxyl groups excluding tert-OH is 1. The highest BCUT2D eigenvalue weighted by Crippen LogP contribution is 2.16. The summed E-state index contributed by atoms with van der Waals surface area (Å²) >= 11 is 0. The van der Waals surface area contributed by atoms with E-state index in [1.165, 1.54) is 11.1 Å². The number of aliphatic hydroxyl groups is 1. The van der Waals surface area contributed by atoms with E-state index in [1.54, 1.807) is 7.11 Å². The van der Waals surface area contributed by atoms with Crippen LogP contribution in [0.25, 0.3) is 0 Å². The number of hydrogen-bond donors (Lipinski definition) is 3. The molecule has 1 amide bonds. The Hall–Kier alpha value is -1.43. The van der Waals surface area contributed by atoms with Crippen LogP contribution in [0.5, 0.6) is 0 Å². The maximum Gasteiger partial charge on any atom is 0.237 e. The van der Waals surface area contributed by atoms with Crippen LogP contribution in [-0.2, 0) is 22.5 Å². The third-order valence-electron chi connectivity index (χ3n) is 3.53. The van der Waals surface area contributed by atoms with Gasteiger partial charge in [-0.15, -0.1) is 0 Å². The van der Waals surface area contributed by atoms with Gasteiger partial charge in [0.25, 0.3) is 0 Å². The molecule has 1 heterocycles. The molecule has 0 radical (unpaired) electrons. The van der Waals surface area contributed by atoms with E-state index in [4.69, 9.17) is 4.74 Å². The van der Waals surface area contributed by atoms with Gasteiger partial charge in [0.05, 0.1) is 18.8 Å². The SMILES string of the molecule is COCC(O)CCNC(=O)[C@H]1Cc2ccccc2CN1. The van der Waals surface area contributed by atoms with Gasteiger partial charge in [-0.25, -0.2) is 0 Å². The van der Waals surface area contributed by atoms with Crippen molar-refractivity contribution in [1.29, 1.82) is 0 Å². The molecule has 0 spiro atoms. The Kier molecular flexibility index (Phi) is 5.52. The average molecular weight is 278 g/mol. The zero-order chi connectivity index (χ0) is 14.4. The van der Waals surface area contributed by atoms with Gasteiger partial charge in [-0.1, -0.05) is 24.3 Å². The Morgan fingerprint density at radius 1 is 1.50 bits per heavy atom. The fraction of sp³-hybridized carbons (Fsp3) is 0.533. The van der Waals surface area contributed by atoms with Crippen LogP contribution in [0, 0.1) is 0 Å². The summed E-state index contributed by atoms with van der Waals surface area (Å²) in [6.45, 7) is 1.48. The predicted octanol–water partition coefficient (Wildman–Crippen LogP) is 0.214. The second-order valence-electron chi connectivity index (χ2n) is 5.10. The molecule has 1 aromatic rings. The summed E-state index contributed by atoms with van der Waals surface area (Å²) in [6.07, 6.45) is 0.686. The summed E-state index contributed by atoms with van der Waals surface area (Å²) in [5.74, 6) is -0.0101. The molecular formula is C15H22N2O3. The molecule has 2 rings (SSSR count). The molecule has 0 aromatic heterocycles. The largest absolute Gasteiger partial charge is 0.391 e. The highest BCUT2D eigenvalue weighted by atomic mass is 16.5. The second-order valence-corrected chi connectivity index (χ2v) is 5.10. The fourth-order valence-corrected chi connectivity index (χ4v) is 2.40. The maximum absolute atomic E-state index is 12.1. The van der Waals surface area contributed by atoms with E-state index < -0.39 is 6.10 Å². The molecule has 0 saturated carbocycles. The quantitative estimate of drug-likeness (QED) is 0.696. The van der Waals surface area contributed by atoms with Crippen molar-refractivity contribution in [3.8, 4) is 0 Å². The molecule has 0 aliphatic carbocycles. The summed E-state index contributed by atoms with van der Waals surface area (Å²) < 4.78 is 4.84. The predicted molar refractivity (Wildman–Crippen MR) is 76.3 cm³/mol. The Balaban J connectivity index is 1.77. The smallest absolute Gasteiger partial charge is 0.237 e. The normalized spacial score (nSPS) is 19.2. The Morgan fingerprint density at radius 2 is 2.25 bits per heavy atom. The van der Waals surface area contributed by atoms with Crippen LogP contribution < -0.4 is 10.6 Å². The molecule has 0 bridgehead atoms. The third kappa shape index (κ3) is 4.03. The van der Waals surface area contributed by atoms with Gasteiger partial charge in [-0.3, -0.25) is 4.79 Å². The molecule has 110 valence electrons. The first-order valence-corrected chi connectivity index (χ1v) is 6.95. The Morgan fingerprint density at radius 3 is 3.00 bits per heavy atom. The molecule has 5 heteroatoms. The second kappa shape index (κ2) is 7.38. The van der Waals surface area contributed by atoms with Crippen molar-refractivity contribution in [2.75, 3.05) is 20.3 Å². The lowest BCUT2D eigenvalue weighted by Crippen LogP contribution is -2.48. The standard InChI is InChI=1S/C15H22N2O3/c1-20-10-13(18)6-7-16-15(19)14-8-11-4-2-3-5-12(11)9-17-14/h2-5,13-14,17-18H,6-10H2,1H3,(H,16,19)/t13?,14-/m1/s1. The number of methoxy groups -OCH3 is 1. The first kappa shape index (κ1) is 15.0. The molecule has 0 saturated heterocycles. The van der Waals surface area contributed by atoms with Crippen molar-refractivity contribution in [3.63, 3.8) is 0 Å². The van der Waals surface area contributed by atoms with Crippen LogP contribution in [0.2, 0.25) is 0 Å². The molecule has 5 nitrogen and oxygen atoms in total. The maximum atomic E-state index is 12.1. The van der Waals surface area contributed by atoms with E-state index in [1.807, 2.05) is 12.1 Å². The molecular weight excluding hydrogens is 256 g/mol. The lowest BCUT2D eigenvalue weighted by atomic mass is 9.95. The molecule has 0 fully saturated rings. The van der Waals surface area contributed by atoms with E-state index in [0.717, 1.165) is 6.54 Å². The van der Waals surface area contributed by atoms with Gasteiger partial charge < -0.3 is 20.5 Å². The van der Waals surface area contributed by atoms with Gasteiger partial charge in [0, 0.05) is 20.2 Å². The third-order valence-corrected chi connectivity index (χ3v) is 3.53. The van der Waals surface area contributed by atoms with Crippen molar-refractivity contribution >= 4 is 5.91 Å². The summed E-state index contributed by atoms with van der Waals surface area (Å²) in [5.41, 5.74) is 2.48. The zero-order valence-corrected chi connectivity index (χ0v) is 11.8. The summed E-state index contributed by atoms with van der Waals surface area (Å²) in [7, 11) is 1.55. The number of carbonyl (C=O) groups excluding carboxylic acids is 1. The van der Waals surface area contributed by atoms with Gasteiger partial charge in [0.2, 0.25) is 5.91 Å². The minimum atomic E-state index is -0.527. The average Bonchev–Trinajstić information content (AvgIpc) is 2.47. The zero-order valence-electron chi connectivity index (χ0n) is 11.8. The number of carbonyl (C=O) groups is 1.